The quantitative estimate of drug-likeness (QED) is 0.726. The fourth-order valence-electron chi connectivity index (χ4n) is 3.49. The van der Waals surface area contributed by atoms with Gasteiger partial charge in [-0.3, -0.25) is 4.79 Å². The maximum absolute atomic E-state index is 13.5. The molecule has 0 bridgehead atoms. The molecular formula is C21H21FN2O. The summed E-state index contributed by atoms with van der Waals surface area (Å²) in [5.41, 5.74) is 4.14. The number of carbonyl (C=O) groups excluding carboxylic acids is 1. The van der Waals surface area contributed by atoms with E-state index in [1.54, 1.807) is 12.1 Å². The molecular weight excluding hydrogens is 315 g/mol. The number of hydrogen-bond donors (Lipinski definition) is 2. The summed E-state index contributed by atoms with van der Waals surface area (Å²) in [6.45, 7) is 2.62. The number of aromatic amines is 1. The lowest BCUT2D eigenvalue weighted by Crippen LogP contribution is -2.33. The van der Waals surface area contributed by atoms with Gasteiger partial charge in [0.1, 0.15) is 5.82 Å². The first-order chi connectivity index (χ1) is 12.1. The zero-order valence-electron chi connectivity index (χ0n) is 14.2. The Morgan fingerprint density at radius 2 is 2.08 bits per heavy atom. The molecule has 25 heavy (non-hydrogen) atoms. The van der Waals surface area contributed by atoms with Crippen LogP contribution in [0.4, 0.5) is 4.39 Å². The second kappa shape index (κ2) is 6.03. The molecule has 0 unspecified atom stereocenters. The highest BCUT2D eigenvalue weighted by Crippen LogP contribution is 2.47. The number of halogens is 1. The van der Waals surface area contributed by atoms with Crippen molar-refractivity contribution in [1.82, 2.24) is 10.3 Å². The van der Waals surface area contributed by atoms with Crippen LogP contribution >= 0.6 is 0 Å². The third-order valence-corrected chi connectivity index (χ3v) is 5.19. The molecule has 4 rings (SSSR count). The molecule has 128 valence electrons. The van der Waals surface area contributed by atoms with Crippen molar-refractivity contribution in [2.75, 3.05) is 6.54 Å². The molecule has 1 aliphatic rings. The van der Waals surface area contributed by atoms with Gasteiger partial charge in [0.15, 0.2) is 0 Å². The van der Waals surface area contributed by atoms with E-state index in [2.05, 4.69) is 28.5 Å². The summed E-state index contributed by atoms with van der Waals surface area (Å²) >= 11 is 0. The van der Waals surface area contributed by atoms with Crippen molar-refractivity contribution in [2.45, 2.75) is 31.6 Å². The van der Waals surface area contributed by atoms with Crippen LogP contribution in [0.2, 0.25) is 0 Å². The molecule has 1 aliphatic carbocycles. The van der Waals surface area contributed by atoms with Crippen LogP contribution in [0.25, 0.3) is 10.9 Å². The molecule has 2 N–H and O–H groups in total. The van der Waals surface area contributed by atoms with Crippen molar-refractivity contribution >= 4 is 16.8 Å². The normalized spacial score (nSPS) is 15.3. The first kappa shape index (κ1) is 15.9. The monoisotopic (exact) mass is 336 g/mol. The Bertz CT molecular complexity index is 940. The highest BCUT2D eigenvalue weighted by molar-refractivity contribution is 5.89. The summed E-state index contributed by atoms with van der Waals surface area (Å²) in [5, 5.41) is 4.13. The lowest BCUT2D eigenvalue weighted by atomic mass is 9.95. The standard InChI is InChI=1S/C21H21FN2O/c1-14-5-6-18-15(12-23-19(18)9-14)10-20(25)24-13-21(7-8-21)16-3-2-4-17(22)11-16/h2-6,9,11-12,23H,7-8,10,13H2,1H3,(H,24,25). The lowest BCUT2D eigenvalue weighted by molar-refractivity contribution is -0.120. The molecule has 2 aromatic carbocycles. The zero-order valence-corrected chi connectivity index (χ0v) is 14.2. The molecule has 0 spiro atoms. The van der Waals surface area contributed by atoms with Gasteiger partial charge in [0.2, 0.25) is 5.91 Å². The number of hydrogen-bond acceptors (Lipinski definition) is 1. The number of fused-ring (bicyclic) bond motifs is 1. The van der Waals surface area contributed by atoms with Gasteiger partial charge in [0, 0.05) is 29.1 Å². The van der Waals surface area contributed by atoms with E-state index in [1.807, 2.05) is 19.2 Å². The Balaban J connectivity index is 1.42. The fourth-order valence-corrected chi connectivity index (χ4v) is 3.49. The molecule has 0 radical (unpaired) electrons. The van der Waals surface area contributed by atoms with Gasteiger partial charge in [-0.25, -0.2) is 4.39 Å². The summed E-state index contributed by atoms with van der Waals surface area (Å²) in [6, 6.07) is 12.9. The molecule has 1 saturated carbocycles. The van der Waals surface area contributed by atoms with E-state index in [9.17, 15) is 9.18 Å². The van der Waals surface area contributed by atoms with Crippen molar-refractivity contribution in [3.63, 3.8) is 0 Å². The molecule has 1 fully saturated rings. The van der Waals surface area contributed by atoms with Crippen molar-refractivity contribution in [3.8, 4) is 0 Å². The molecule has 1 aromatic heterocycles. The van der Waals surface area contributed by atoms with Crippen LogP contribution in [0.15, 0.2) is 48.7 Å². The molecule has 0 atom stereocenters. The average Bonchev–Trinajstić information content (AvgIpc) is 3.30. The van der Waals surface area contributed by atoms with E-state index < -0.39 is 0 Å². The predicted octanol–water partition coefficient (Wildman–Crippen LogP) is 4.01. The zero-order chi connectivity index (χ0) is 17.4. The minimum Gasteiger partial charge on any atom is -0.361 e. The second-order valence-electron chi connectivity index (χ2n) is 7.11. The summed E-state index contributed by atoms with van der Waals surface area (Å²) in [4.78, 5) is 15.6. The number of nitrogens with one attached hydrogen (secondary N) is 2. The number of aryl methyl sites for hydroxylation is 1. The molecule has 1 amide bonds. The summed E-state index contributed by atoms with van der Waals surface area (Å²) < 4.78 is 13.5. The first-order valence-electron chi connectivity index (χ1n) is 8.65. The first-order valence-corrected chi connectivity index (χ1v) is 8.65. The van der Waals surface area contributed by atoms with Crippen LogP contribution in [0.3, 0.4) is 0 Å². The van der Waals surface area contributed by atoms with E-state index in [-0.39, 0.29) is 17.1 Å². The maximum atomic E-state index is 13.5. The van der Waals surface area contributed by atoms with E-state index in [4.69, 9.17) is 0 Å². The van der Waals surface area contributed by atoms with Gasteiger partial charge in [-0.15, -0.1) is 0 Å². The fraction of sp³-hybridized carbons (Fsp3) is 0.286. The lowest BCUT2D eigenvalue weighted by Gasteiger charge is -2.16. The Labute approximate surface area is 146 Å². The van der Waals surface area contributed by atoms with Crippen molar-refractivity contribution in [1.29, 1.82) is 0 Å². The Morgan fingerprint density at radius 3 is 2.84 bits per heavy atom. The third kappa shape index (κ3) is 3.16. The Morgan fingerprint density at radius 1 is 1.24 bits per heavy atom. The highest BCUT2D eigenvalue weighted by Gasteiger charge is 2.44. The van der Waals surface area contributed by atoms with E-state index in [0.29, 0.717) is 13.0 Å². The average molecular weight is 336 g/mol. The minimum absolute atomic E-state index is 0.00385. The van der Waals surface area contributed by atoms with Gasteiger partial charge in [-0.1, -0.05) is 24.3 Å². The summed E-state index contributed by atoms with van der Waals surface area (Å²) in [5.74, 6) is -0.214. The minimum atomic E-state index is -0.218. The number of aromatic nitrogens is 1. The molecule has 1 heterocycles. The van der Waals surface area contributed by atoms with Crippen LogP contribution in [-0.4, -0.2) is 17.4 Å². The van der Waals surface area contributed by atoms with E-state index >= 15 is 0 Å². The summed E-state index contributed by atoms with van der Waals surface area (Å²) in [7, 11) is 0. The van der Waals surface area contributed by atoms with E-state index in [0.717, 1.165) is 34.9 Å². The van der Waals surface area contributed by atoms with E-state index in [1.165, 1.54) is 11.6 Å². The van der Waals surface area contributed by atoms with Gasteiger partial charge in [0.25, 0.3) is 0 Å². The molecule has 0 aliphatic heterocycles. The van der Waals surface area contributed by atoms with Gasteiger partial charge in [0.05, 0.1) is 6.42 Å². The SMILES string of the molecule is Cc1ccc2c(CC(=O)NCC3(c4cccc(F)c4)CC3)c[nH]c2c1. The van der Waals surface area contributed by atoms with Gasteiger partial charge >= 0.3 is 0 Å². The maximum Gasteiger partial charge on any atom is 0.224 e. The summed E-state index contributed by atoms with van der Waals surface area (Å²) in [6.07, 6.45) is 4.23. The highest BCUT2D eigenvalue weighted by atomic mass is 19.1. The molecule has 0 saturated heterocycles. The van der Waals surface area contributed by atoms with Gasteiger partial charge in [-0.05, 0) is 54.7 Å². The third-order valence-electron chi connectivity index (χ3n) is 5.19. The van der Waals surface area contributed by atoms with Crippen LogP contribution in [0, 0.1) is 12.7 Å². The number of benzene rings is 2. The van der Waals surface area contributed by atoms with Crippen molar-refractivity contribution < 1.29 is 9.18 Å². The topological polar surface area (TPSA) is 44.9 Å². The van der Waals surface area contributed by atoms with Crippen LogP contribution in [-0.2, 0) is 16.6 Å². The van der Waals surface area contributed by atoms with Gasteiger partial charge < -0.3 is 10.3 Å². The van der Waals surface area contributed by atoms with Crippen LogP contribution in [0.5, 0.6) is 0 Å². The van der Waals surface area contributed by atoms with Crippen molar-refractivity contribution in [2.24, 2.45) is 0 Å². The smallest absolute Gasteiger partial charge is 0.224 e. The number of carbonyl (C=O) groups is 1. The molecule has 3 nitrogen and oxygen atoms in total. The molecule has 4 heteroatoms. The number of rotatable bonds is 5. The number of amides is 1. The van der Waals surface area contributed by atoms with Crippen LogP contribution < -0.4 is 5.32 Å². The van der Waals surface area contributed by atoms with Crippen LogP contribution in [0.1, 0.15) is 29.5 Å². The predicted molar refractivity (Wildman–Crippen MR) is 97.1 cm³/mol. The molecule has 3 aromatic rings. The Kier molecular flexibility index (Phi) is 3.83. The van der Waals surface area contributed by atoms with Crippen molar-refractivity contribution in [3.05, 3.63) is 71.2 Å². The van der Waals surface area contributed by atoms with Gasteiger partial charge in [-0.2, -0.15) is 0 Å². The Hall–Kier alpha value is -2.62. The largest absolute Gasteiger partial charge is 0.361 e. The second-order valence-corrected chi connectivity index (χ2v) is 7.11. The number of H-pyrrole nitrogens is 1.